The highest BCUT2D eigenvalue weighted by Gasteiger charge is 2.45. The third-order valence-electron chi connectivity index (χ3n) is 5.29. The second-order valence-electron chi connectivity index (χ2n) is 6.95. The van der Waals surface area contributed by atoms with Gasteiger partial charge in [-0.2, -0.15) is 0 Å². The van der Waals surface area contributed by atoms with Gasteiger partial charge < -0.3 is 5.32 Å². The summed E-state index contributed by atoms with van der Waals surface area (Å²) in [6.45, 7) is 7.26. The highest BCUT2D eigenvalue weighted by molar-refractivity contribution is 5.00. The Balaban J connectivity index is 1.64. The molecule has 1 aliphatic carbocycles. The van der Waals surface area contributed by atoms with E-state index in [1.165, 1.54) is 51.5 Å². The number of hydrogen-bond acceptors (Lipinski definition) is 2. The van der Waals surface area contributed by atoms with E-state index < -0.39 is 0 Å². The molecule has 2 heteroatoms. The molecule has 2 aliphatic heterocycles. The highest BCUT2D eigenvalue weighted by atomic mass is 15.2. The van der Waals surface area contributed by atoms with Gasteiger partial charge in [-0.25, -0.2) is 0 Å². The van der Waals surface area contributed by atoms with Crippen molar-refractivity contribution in [3.05, 3.63) is 0 Å². The van der Waals surface area contributed by atoms with Crippen molar-refractivity contribution in [2.24, 2.45) is 5.41 Å². The van der Waals surface area contributed by atoms with E-state index in [9.17, 15) is 0 Å². The SMILES string of the molecule is CCNC1CC2CCCC(C1)N2CC1(C)CC1. The minimum atomic E-state index is 0.693. The Morgan fingerprint density at radius 2 is 1.82 bits per heavy atom. The maximum Gasteiger partial charge on any atom is 0.0113 e. The van der Waals surface area contributed by atoms with Crippen LogP contribution in [0, 0.1) is 5.41 Å². The van der Waals surface area contributed by atoms with Gasteiger partial charge in [0.1, 0.15) is 0 Å². The molecule has 3 rings (SSSR count). The third kappa shape index (κ3) is 2.53. The minimum absolute atomic E-state index is 0.693. The number of nitrogens with zero attached hydrogens (tertiary/aromatic N) is 1. The van der Waals surface area contributed by atoms with Gasteiger partial charge in [-0.1, -0.05) is 20.3 Å². The molecular formula is C15H28N2. The third-order valence-corrected chi connectivity index (χ3v) is 5.29. The van der Waals surface area contributed by atoms with E-state index in [0.29, 0.717) is 5.41 Å². The Morgan fingerprint density at radius 1 is 1.18 bits per heavy atom. The van der Waals surface area contributed by atoms with Gasteiger partial charge in [0.25, 0.3) is 0 Å². The van der Waals surface area contributed by atoms with E-state index in [2.05, 4.69) is 24.1 Å². The Kier molecular flexibility index (Phi) is 3.20. The first kappa shape index (κ1) is 12.0. The normalized spacial score (nSPS) is 40.2. The van der Waals surface area contributed by atoms with Crippen LogP contribution in [-0.2, 0) is 0 Å². The van der Waals surface area contributed by atoms with Crippen molar-refractivity contribution in [2.75, 3.05) is 13.1 Å². The van der Waals surface area contributed by atoms with Crippen molar-refractivity contribution >= 4 is 0 Å². The summed E-state index contributed by atoms with van der Waals surface area (Å²) in [5, 5.41) is 3.69. The second kappa shape index (κ2) is 4.55. The molecule has 2 unspecified atom stereocenters. The highest BCUT2D eigenvalue weighted by Crippen LogP contribution is 2.48. The molecule has 1 N–H and O–H groups in total. The smallest absolute Gasteiger partial charge is 0.0113 e. The summed E-state index contributed by atoms with van der Waals surface area (Å²) in [4.78, 5) is 2.89. The predicted molar refractivity (Wildman–Crippen MR) is 72.2 cm³/mol. The molecule has 2 nitrogen and oxygen atoms in total. The van der Waals surface area contributed by atoms with Crippen LogP contribution in [0.25, 0.3) is 0 Å². The second-order valence-corrected chi connectivity index (χ2v) is 6.95. The van der Waals surface area contributed by atoms with Crippen LogP contribution in [0.15, 0.2) is 0 Å². The molecule has 2 atom stereocenters. The van der Waals surface area contributed by atoms with E-state index >= 15 is 0 Å². The van der Waals surface area contributed by atoms with Crippen LogP contribution in [0.4, 0.5) is 0 Å². The summed E-state index contributed by atoms with van der Waals surface area (Å²) in [6.07, 6.45) is 10.1. The zero-order chi connectivity index (χ0) is 11.9. The lowest BCUT2D eigenvalue weighted by Gasteiger charge is -2.50. The van der Waals surface area contributed by atoms with E-state index in [0.717, 1.165) is 24.7 Å². The number of hydrogen-bond donors (Lipinski definition) is 1. The zero-order valence-corrected chi connectivity index (χ0v) is 11.5. The van der Waals surface area contributed by atoms with Crippen LogP contribution < -0.4 is 5.32 Å². The molecule has 0 spiro atoms. The molecule has 3 aliphatic rings. The molecule has 2 saturated heterocycles. The maximum atomic E-state index is 3.69. The molecule has 0 aromatic rings. The minimum Gasteiger partial charge on any atom is -0.314 e. The van der Waals surface area contributed by atoms with Crippen molar-refractivity contribution < 1.29 is 0 Å². The van der Waals surface area contributed by atoms with E-state index in [4.69, 9.17) is 0 Å². The Labute approximate surface area is 106 Å². The molecule has 0 radical (unpaired) electrons. The van der Waals surface area contributed by atoms with Gasteiger partial charge in [-0.15, -0.1) is 0 Å². The molecule has 1 saturated carbocycles. The van der Waals surface area contributed by atoms with E-state index in [1.807, 2.05) is 0 Å². The fraction of sp³-hybridized carbons (Fsp3) is 1.00. The molecule has 0 aromatic heterocycles. The largest absolute Gasteiger partial charge is 0.314 e. The summed E-state index contributed by atoms with van der Waals surface area (Å²) in [6, 6.07) is 2.59. The number of piperidine rings is 2. The lowest BCUT2D eigenvalue weighted by Crippen LogP contribution is -2.57. The van der Waals surface area contributed by atoms with Crippen LogP contribution in [-0.4, -0.2) is 36.1 Å². The average Bonchev–Trinajstić information content (AvgIpc) is 2.98. The summed E-state index contributed by atoms with van der Waals surface area (Å²) in [5.41, 5.74) is 0.693. The summed E-state index contributed by atoms with van der Waals surface area (Å²) in [7, 11) is 0. The molecule has 98 valence electrons. The van der Waals surface area contributed by atoms with Gasteiger partial charge in [0.2, 0.25) is 0 Å². The predicted octanol–water partition coefficient (Wildman–Crippen LogP) is 2.78. The lowest BCUT2D eigenvalue weighted by molar-refractivity contribution is 0.0110. The molecule has 3 fully saturated rings. The lowest BCUT2D eigenvalue weighted by atomic mass is 9.81. The van der Waals surface area contributed by atoms with Crippen molar-refractivity contribution in [3.63, 3.8) is 0 Å². The van der Waals surface area contributed by atoms with E-state index in [-0.39, 0.29) is 0 Å². The van der Waals surface area contributed by atoms with Gasteiger partial charge in [0.15, 0.2) is 0 Å². The van der Waals surface area contributed by atoms with Crippen LogP contribution in [0.5, 0.6) is 0 Å². The summed E-state index contributed by atoms with van der Waals surface area (Å²) < 4.78 is 0. The van der Waals surface area contributed by atoms with Crippen molar-refractivity contribution in [1.82, 2.24) is 10.2 Å². The van der Waals surface area contributed by atoms with Gasteiger partial charge >= 0.3 is 0 Å². The average molecular weight is 236 g/mol. The number of nitrogens with one attached hydrogen (secondary N) is 1. The quantitative estimate of drug-likeness (QED) is 0.807. The van der Waals surface area contributed by atoms with Crippen LogP contribution in [0.2, 0.25) is 0 Å². The van der Waals surface area contributed by atoms with Crippen LogP contribution in [0.3, 0.4) is 0 Å². The standard InChI is InChI=1S/C15H28N2/c1-3-16-12-9-13-5-4-6-14(10-12)17(13)11-15(2)7-8-15/h12-14,16H,3-11H2,1-2H3. The Morgan fingerprint density at radius 3 is 2.35 bits per heavy atom. The fourth-order valence-electron chi connectivity index (χ4n) is 4.00. The number of rotatable bonds is 4. The van der Waals surface area contributed by atoms with Gasteiger partial charge in [0, 0.05) is 24.7 Å². The maximum absolute atomic E-state index is 3.69. The van der Waals surface area contributed by atoms with Crippen LogP contribution in [0.1, 0.15) is 58.8 Å². The van der Waals surface area contributed by atoms with Crippen LogP contribution >= 0.6 is 0 Å². The molecule has 0 amide bonds. The molecule has 2 heterocycles. The van der Waals surface area contributed by atoms with Gasteiger partial charge in [-0.3, -0.25) is 4.90 Å². The van der Waals surface area contributed by atoms with Gasteiger partial charge in [0.05, 0.1) is 0 Å². The molecular weight excluding hydrogens is 208 g/mol. The van der Waals surface area contributed by atoms with Crippen molar-refractivity contribution in [1.29, 1.82) is 0 Å². The number of fused-ring (bicyclic) bond motifs is 2. The topological polar surface area (TPSA) is 15.3 Å². The van der Waals surface area contributed by atoms with Crippen molar-refractivity contribution in [3.8, 4) is 0 Å². The molecule has 2 bridgehead atoms. The Bertz CT molecular complexity index is 258. The van der Waals surface area contributed by atoms with E-state index in [1.54, 1.807) is 0 Å². The van der Waals surface area contributed by atoms with Gasteiger partial charge in [-0.05, 0) is 50.5 Å². The first-order valence-electron chi connectivity index (χ1n) is 7.69. The molecule has 17 heavy (non-hydrogen) atoms. The summed E-state index contributed by atoms with van der Waals surface area (Å²) >= 11 is 0. The first-order chi connectivity index (χ1) is 8.20. The fourth-order valence-corrected chi connectivity index (χ4v) is 4.00. The summed E-state index contributed by atoms with van der Waals surface area (Å²) in [5.74, 6) is 0. The van der Waals surface area contributed by atoms with Crippen molar-refractivity contribution in [2.45, 2.75) is 76.9 Å². The Hall–Kier alpha value is -0.0800. The first-order valence-corrected chi connectivity index (χ1v) is 7.69. The zero-order valence-electron chi connectivity index (χ0n) is 11.5. The molecule has 0 aromatic carbocycles. The monoisotopic (exact) mass is 236 g/mol.